The molecule has 21 heavy (non-hydrogen) atoms. The molecule has 0 radical (unpaired) electrons. The molecule has 2 heterocycles. The average Bonchev–Trinajstić information content (AvgIpc) is 2.84. The number of amides is 1. The van der Waals surface area contributed by atoms with Crippen LogP contribution in [0.15, 0.2) is 24.7 Å². The molecule has 2 N–H and O–H groups in total. The quantitative estimate of drug-likeness (QED) is 0.739. The van der Waals surface area contributed by atoms with Crippen LogP contribution in [0.5, 0.6) is 0 Å². The number of fused-ring (bicyclic) bond motifs is 1. The minimum absolute atomic E-state index is 0.334. The van der Waals surface area contributed by atoms with Gasteiger partial charge in [0, 0.05) is 31.3 Å². The van der Waals surface area contributed by atoms with Gasteiger partial charge < -0.3 is 10.4 Å². The number of aliphatic carboxylic acids is 1. The van der Waals surface area contributed by atoms with Crippen LogP contribution in [0, 0.1) is 0 Å². The SMILES string of the molecule is CC(=O)NC(CCSCc1cn2cccnc2n1)C(=O)O. The molecule has 0 fully saturated rings. The van der Waals surface area contributed by atoms with Crippen molar-refractivity contribution in [3.05, 3.63) is 30.4 Å². The van der Waals surface area contributed by atoms with Crippen LogP contribution in [-0.4, -0.2) is 43.1 Å². The smallest absolute Gasteiger partial charge is 0.326 e. The van der Waals surface area contributed by atoms with E-state index >= 15 is 0 Å². The number of nitrogens with zero attached hydrogens (tertiary/aromatic N) is 3. The van der Waals surface area contributed by atoms with Crippen molar-refractivity contribution in [3.63, 3.8) is 0 Å². The second-order valence-electron chi connectivity index (χ2n) is 4.49. The van der Waals surface area contributed by atoms with Gasteiger partial charge in [0.25, 0.3) is 0 Å². The topological polar surface area (TPSA) is 96.6 Å². The van der Waals surface area contributed by atoms with Crippen LogP contribution < -0.4 is 5.32 Å². The second-order valence-corrected chi connectivity index (χ2v) is 5.60. The highest BCUT2D eigenvalue weighted by molar-refractivity contribution is 7.98. The third-order valence-electron chi connectivity index (χ3n) is 2.76. The summed E-state index contributed by atoms with van der Waals surface area (Å²) in [7, 11) is 0. The van der Waals surface area contributed by atoms with Gasteiger partial charge in [-0.15, -0.1) is 0 Å². The maximum Gasteiger partial charge on any atom is 0.326 e. The molecule has 7 nitrogen and oxygen atoms in total. The predicted octanol–water partition coefficient (Wildman–Crippen LogP) is 0.942. The molecule has 2 rings (SSSR count). The number of thioether (sulfide) groups is 1. The zero-order valence-electron chi connectivity index (χ0n) is 11.5. The Labute approximate surface area is 125 Å². The number of nitrogens with one attached hydrogen (secondary N) is 1. The van der Waals surface area contributed by atoms with Gasteiger partial charge in [0.2, 0.25) is 11.7 Å². The third-order valence-corrected chi connectivity index (χ3v) is 3.79. The second kappa shape index (κ2) is 7.07. The number of carbonyl (C=O) groups is 2. The Kier molecular flexibility index (Phi) is 5.15. The molecule has 2 aromatic heterocycles. The van der Waals surface area contributed by atoms with Gasteiger partial charge in [-0.3, -0.25) is 9.20 Å². The van der Waals surface area contributed by atoms with E-state index in [1.165, 1.54) is 6.92 Å². The Morgan fingerprint density at radius 3 is 3.00 bits per heavy atom. The van der Waals surface area contributed by atoms with Crippen molar-refractivity contribution < 1.29 is 14.7 Å². The summed E-state index contributed by atoms with van der Waals surface area (Å²) < 4.78 is 1.84. The summed E-state index contributed by atoms with van der Waals surface area (Å²) in [5, 5.41) is 11.4. The molecule has 2 aromatic rings. The lowest BCUT2D eigenvalue weighted by Crippen LogP contribution is -2.39. The highest BCUT2D eigenvalue weighted by Crippen LogP contribution is 2.13. The maximum atomic E-state index is 11.0. The first-order valence-electron chi connectivity index (χ1n) is 6.42. The number of hydrogen-bond acceptors (Lipinski definition) is 5. The first kappa shape index (κ1) is 15.3. The van der Waals surface area contributed by atoms with Gasteiger partial charge in [-0.2, -0.15) is 11.8 Å². The van der Waals surface area contributed by atoms with Crippen LogP contribution in [-0.2, 0) is 15.3 Å². The van der Waals surface area contributed by atoms with Gasteiger partial charge >= 0.3 is 5.97 Å². The fourth-order valence-corrected chi connectivity index (χ4v) is 2.72. The van der Waals surface area contributed by atoms with Crippen molar-refractivity contribution >= 4 is 29.4 Å². The Morgan fingerprint density at radius 2 is 2.33 bits per heavy atom. The lowest BCUT2D eigenvalue weighted by atomic mass is 10.2. The summed E-state index contributed by atoms with van der Waals surface area (Å²) in [6.45, 7) is 1.31. The molecule has 0 saturated heterocycles. The number of carbonyl (C=O) groups excluding carboxylic acids is 1. The molecule has 0 bridgehead atoms. The molecule has 0 aromatic carbocycles. The van der Waals surface area contributed by atoms with Crippen molar-refractivity contribution in [1.29, 1.82) is 0 Å². The van der Waals surface area contributed by atoms with Gasteiger partial charge in [0.1, 0.15) is 6.04 Å². The van der Waals surface area contributed by atoms with E-state index in [0.29, 0.717) is 23.7 Å². The number of carboxylic acid groups (broad SMARTS) is 1. The standard InChI is InChI=1S/C13H16N4O3S/c1-9(18)15-11(12(19)20)3-6-21-8-10-7-17-5-2-4-14-13(17)16-10/h2,4-5,7,11H,3,6,8H2,1H3,(H,15,18)(H,19,20). The van der Waals surface area contributed by atoms with Crippen molar-refractivity contribution in [2.75, 3.05) is 5.75 Å². The molecule has 0 saturated carbocycles. The van der Waals surface area contributed by atoms with Crippen LogP contribution in [0.3, 0.4) is 0 Å². The molecule has 0 aliphatic heterocycles. The normalized spacial score (nSPS) is 12.2. The Balaban J connectivity index is 1.80. The average molecular weight is 308 g/mol. The fourth-order valence-electron chi connectivity index (χ4n) is 1.83. The van der Waals surface area contributed by atoms with Crippen LogP contribution in [0.1, 0.15) is 19.0 Å². The van der Waals surface area contributed by atoms with Crippen molar-refractivity contribution in [2.45, 2.75) is 25.1 Å². The van der Waals surface area contributed by atoms with Crippen molar-refractivity contribution in [1.82, 2.24) is 19.7 Å². The highest BCUT2D eigenvalue weighted by atomic mass is 32.2. The molecule has 0 aliphatic carbocycles. The van der Waals surface area contributed by atoms with Crippen LogP contribution in [0.25, 0.3) is 5.78 Å². The van der Waals surface area contributed by atoms with E-state index < -0.39 is 12.0 Å². The van der Waals surface area contributed by atoms with Crippen LogP contribution >= 0.6 is 11.8 Å². The summed E-state index contributed by atoms with van der Waals surface area (Å²) in [4.78, 5) is 30.4. The van der Waals surface area contributed by atoms with Gasteiger partial charge in [-0.1, -0.05) is 0 Å². The molecule has 112 valence electrons. The Hall–Kier alpha value is -2.09. The molecule has 1 unspecified atom stereocenters. The van der Waals surface area contributed by atoms with E-state index in [0.717, 1.165) is 5.69 Å². The Bertz CT molecular complexity index is 610. The summed E-state index contributed by atoms with van der Waals surface area (Å²) in [6.07, 6.45) is 5.84. The summed E-state index contributed by atoms with van der Waals surface area (Å²) in [6, 6.07) is 0.994. The van der Waals surface area contributed by atoms with Gasteiger partial charge in [-0.25, -0.2) is 14.8 Å². The number of carboxylic acids is 1. The lowest BCUT2D eigenvalue weighted by molar-refractivity contribution is -0.141. The number of aromatic nitrogens is 3. The summed E-state index contributed by atoms with van der Waals surface area (Å²) in [5.41, 5.74) is 0.894. The van der Waals surface area contributed by atoms with Gasteiger partial charge in [-0.05, 0) is 18.2 Å². The van der Waals surface area contributed by atoms with E-state index in [-0.39, 0.29) is 5.91 Å². The molecular weight excluding hydrogens is 292 g/mol. The van der Waals surface area contributed by atoms with E-state index in [1.807, 2.05) is 22.9 Å². The fraction of sp³-hybridized carbons (Fsp3) is 0.385. The monoisotopic (exact) mass is 308 g/mol. The van der Waals surface area contributed by atoms with Crippen LogP contribution in [0.2, 0.25) is 0 Å². The van der Waals surface area contributed by atoms with E-state index in [9.17, 15) is 9.59 Å². The molecule has 1 amide bonds. The first-order chi connectivity index (χ1) is 10.1. The number of hydrogen-bond donors (Lipinski definition) is 2. The highest BCUT2D eigenvalue weighted by Gasteiger charge is 2.17. The molecule has 8 heteroatoms. The zero-order chi connectivity index (χ0) is 15.2. The number of rotatable bonds is 7. The molecular formula is C13H16N4O3S. The Morgan fingerprint density at radius 1 is 1.52 bits per heavy atom. The molecule has 0 aliphatic rings. The molecule has 0 spiro atoms. The van der Waals surface area contributed by atoms with E-state index in [1.54, 1.807) is 18.0 Å². The minimum Gasteiger partial charge on any atom is -0.480 e. The zero-order valence-corrected chi connectivity index (χ0v) is 12.3. The van der Waals surface area contributed by atoms with Crippen molar-refractivity contribution in [2.24, 2.45) is 0 Å². The summed E-state index contributed by atoms with van der Waals surface area (Å²) >= 11 is 1.58. The van der Waals surface area contributed by atoms with E-state index in [2.05, 4.69) is 15.3 Å². The lowest BCUT2D eigenvalue weighted by Gasteiger charge is -2.12. The first-order valence-corrected chi connectivity index (χ1v) is 7.58. The van der Waals surface area contributed by atoms with Gasteiger partial charge in [0.15, 0.2) is 0 Å². The molecule has 1 atom stereocenters. The van der Waals surface area contributed by atoms with Gasteiger partial charge in [0.05, 0.1) is 5.69 Å². The largest absolute Gasteiger partial charge is 0.480 e. The van der Waals surface area contributed by atoms with Crippen molar-refractivity contribution in [3.8, 4) is 0 Å². The predicted molar refractivity (Wildman–Crippen MR) is 79.0 cm³/mol. The number of imidazole rings is 1. The summed E-state index contributed by atoms with van der Waals surface area (Å²) in [5.74, 6) is 0.602. The third kappa shape index (κ3) is 4.45. The van der Waals surface area contributed by atoms with Crippen LogP contribution in [0.4, 0.5) is 0 Å². The maximum absolute atomic E-state index is 11.0. The van der Waals surface area contributed by atoms with E-state index in [4.69, 9.17) is 5.11 Å². The minimum atomic E-state index is -1.01.